The average molecular weight is 339 g/mol. The molecule has 0 radical (unpaired) electrons. The zero-order valence-electron chi connectivity index (χ0n) is 15.2. The zero-order chi connectivity index (χ0) is 17.9. The topological polar surface area (TPSA) is 71.1 Å². The highest BCUT2D eigenvalue weighted by Gasteiger charge is 2.32. The number of ether oxygens (including phenoxy) is 1. The third kappa shape index (κ3) is 3.69. The van der Waals surface area contributed by atoms with Crippen molar-refractivity contribution in [2.45, 2.75) is 58.7 Å². The second-order valence-corrected chi connectivity index (χ2v) is 7.09. The van der Waals surface area contributed by atoms with Gasteiger partial charge in [-0.25, -0.2) is 4.98 Å². The maximum atomic E-state index is 9.77. The van der Waals surface area contributed by atoms with Crippen LogP contribution in [-0.4, -0.2) is 17.1 Å². The van der Waals surface area contributed by atoms with E-state index in [2.05, 4.69) is 32.2 Å². The predicted octanol–water partition coefficient (Wildman–Crippen LogP) is 4.67. The molecule has 132 valence electrons. The Balaban J connectivity index is 2.06. The van der Waals surface area contributed by atoms with Crippen LogP contribution in [0, 0.1) is 11.3 Å². The summed E-state index contributed by atoms with van der Waals surface area (Å²) >= 11 is 0. The highest BCUT2D eigenvalue weighted by Crippen LogP contribution is 2.37. The molecule has 5 nitrogen and oxygen atoms in total. The molecule has 0 saturated heterocycles. The molecule has 0 spiro atoms. The standard InChI is InChI=1S/C20H25N3O2/c1-4-5-6-9-22-19-15(12-21)14-11-20(2,3)25-13-16(14)18(23-19)17-8-7-10-24-17/h7-8,10H,4-6,9,11,13H2,1-3H3,(H,22,23). The summed E-state index contributed by atoms with van der Waals surface area (Å²) in [5.74, 6) is 1.36. The fourth-order valence-corrected chi connectivity index (χ4v) is 3.21. The summed E-state index contributed by atoms with van der Waals surface area (Å²) in [6.07, 6.45) is 5.71. The number of hydrogen-bond acceptors (Lipinski definition) is 5. The molecule has 1 N–H and O–H groups in total. The van der Waals surface area contributed by atoms with E-state index in [1.165, 1.54) is 0 Å². The number of fused-ring (bicyclic) bond motifs is 1. The van der Waals surface area contributed by atoms with Crippen LogP contribution in [0.1, 0.15) is 56.7 Å². The van der Waals surface area contributed by atoms with Crippen LogP contribution in [-0.2, 0) is 17.8 Å². The number of furan rings is 1. The summed E-state index contributed by atoms with van der Waals surface area (Å²) in [7, 11) is 0. The number of hydrogen-bond donors (Lipinski definition) is 1. The van der Waals surface area contributed by atoms with E-state index in [1.807, 2.05) is 12.1 Å². The first-order valence-electron chi connectivity index (χ1n) is 8.93. The lowest BCUT2D eigenvalue weighted by molar-refractivity contribution is -0.0400. The van der Waals surface area contributed by atoms with Crippen molar-refractivity contribution in [3.05, 3.63) is 35.1 Å². The number of nitriles is 1. The number of pyridine rings is 1. The molecule has 3 rings (SSSR count). The molecule has 3 heterocycles. The Morgan fingerprint density at radius 2 is 2.16 bits per heavy atom. The van der Waals surface area contributed by atoms with Crippen LogP contribution < -0.4 is 5.32 Å². The monoisotopic (exact) mass is 339 g/mol. The van der Waals surface area contributed by atoms with Gasteiger partial charge in [-0.2, -0.15) is 5.26 Å². The molecule has 0 fully saturated rings. The maximum Gasteiger partial charge on any atom is 0.152 e. The molecular weight excluding hydrogens is 314 g/mol. The van der Waals surface area contributed by atoms with Gasteiger partial charge in [-0.3, -0.25) is 0 Å². The largest absolute Gasteiger partial charge is 0.463 e. The molecule has 0 amide bonds. The summed E-state index contributed by atoms with van der Waals surface area (Å²) < 4.78 is 11.6. The fraction of sp³-hybridized carbons (Fsp3) is 0.500. The molecule has 0 atom stereocenters. The smallest absolute Gasteiger partial charge is 0.152 e. The first-order chi connectivity index (χ1) is 12.1. The molecule has 2 aromatic heterocycles. The summed E-state index contributed by atoms with van der Waals surface area (Å²) in [5.41, 5.74) is 3.11. The second-order valence-electron chi connectivity index (χ2n) is 7.09. The van der Waals surface area contributed by atoms with Crippen molar-refractivity contribution in [1.82, 2.24) is 4.98 Å². The van der Waals surface area contributed by atoms with E-state index in [0.29, 0.717) is 30.2 Å². The number of nitrogens with one attached hydrogen (secondary N) is 1. The van der Waals surface area contributed by atoms with Gasteiger partial charge < -0.3 is 14.5 Å². The van der Waals surface area contributed by atoms with E-state index < -0.39 is 0 Å². The molecule has 5 heteroatoms. The van der Waals surface area contributed by atoms with Crippen LogP contribution in [0.4, 0.5) is 5.82 Å². The van der Waals surface area contributed by atoms with Crippen molar-refractivity contribution in [2.75, 3.05) is 11.9 Å². The van der Waals surface area contributed by atoms with Crippen LogP contribution in [0.15, 0.2) is 22.8 Å². The Labute approximate surface area is 149 Å². The van der Waals surface area contributed by atoms with E-state index in [-0.39, 0.29) is 5.60 Å². The van der Waals surface area contributed by atoms with Gasteiger partial charge in [0.1, 0.15) is 17.6 Å². The third-order valence-electron chi connectivity index (χ3n) is 4.56. The van der Waals surface area contributed by atoms with Crippen molar-refractivity contribution >= 4 is 5.82 Å². The van der Waals surface area contributed by atoms with Gasteiger partial charge in [0.25, 0.3) is 0 Å². The van der Waals surface area contributed by atoms with E-state index >= 15 is 0 Å². The minimum atomic E-state index is -0.292. The Bertz CT molecular complexity index is 773. The number of rotatable bonds is 6. The average Bonchev–Trinajstić information content (AvgIpc) is 3.11. The minimum absolute atomic E-state index is 0.292. The van der Waals surface area contributed by atoms with Crippen LogP contribution in [0.2, 0.25) is 0 Å². The number of aromatic nitrogens is 1. The van der Waals surface area contributed by atoms with Gasteiger partial charge in [0, 0.05) is 18.5 Å². The highest BCUT2D eigenvalue weighted by atomic mass is 16.5. The lowest BCUT2D eigenvalue weighted by Crippen LogP contribution is -2.33. The first-order valence-corrected chi connectivity index (χ1v) is 8.93. The normalized spacial score (nSPS) is 15.4. The molecular formula is C20H25N3O2. The van der Waals surface area contributed by atoms with Crippen LogP contribution >= 0.6 is 0 Å². The zero-order valence-corrected chi connectivity index (χ0v) is 15.2. The summed E-state index contributed by atoms with van der Waals surface area (Å²) in [6.45, 7) is 7.54. The van der Waals surface area contributed by atoms with Gasteiger partial charge in [-0.05, 0) is 38.0 Å². The van der Waals surface area contributed by atoms with Gasteiger partial charge in [-0.1, -0.05) is 19.8 Å². The van der Waals surface area contributed by atoms with Crippen molar-refractivity contribution in [3.8, 4) is 17.5 Å². The van der Waals surface area contributed by atoms with Gasteiger partial charge >= 0.3 is 0 Å². The quantitative estimate of drug-likeness (QED) is 0.775. The van der Waals surface area contributed by atoms with Crippen molar-refractivity contribution < 1.29 is 9.15 Å². The summed E-state index contributed by atoms with van der Waals surface area (Å²) in [4.78, 5) is 4.74. The van der Waals surface area contributed by atoms with E-state index in [1.54, 1.807) is 6.26 Å². The molecule has 0 unspecified atom stereocenters. The molecule has 0 aromatic carbocycles. The van der Waals surface area contributed by atoms with E-state index in [0.717, 1.165) is 42.6 Å². The second kappa shape index (κ2) is 7.28. The summed E-state index contributed by atoms with van der Waals surface area (Å²) in [5, 5.41) is 13.1. The lowest BCUT2D eigenvalue weighted by Gasteiger charge is -2.33. The Morgan fingerprint density at radius 1 is 1.32 bits per heavy atom. The van der Waals surface area contributed by atoms with Crippen molar-refractivity contribution in [3.63, 3.8) is 0 Å². The Kier molecular flexibility index (Phi) is 5.10. The van der Waals surface area contributed by atoms with Crippen LogP contribution in [0.25, 0.3) is 11.5 Å². The molecule has 0 aliphatic carbocycles. The van der Waals surface area contributed by atoms with Crippen LogP contribution in [0.3, 0.4) is 0 Å². The summed E-state index contributed by atoms with van der Waals surface area (Å²) in [6, 6.07) is 6.11. The first kappa shape index (κ1) is 17.5. The van der Waals surface area contributed by atoms with Crippen molar-refractivity contribution in [1.29, 1.82) is 5.26 Å². The van der Waals surface area contributed by atoms with E-state index in [4.69, 9.17) is 14.1 Å². The lowest BCUT2D eigenvalue weighted by atomic mass is 9.87. The van der Waals surface area contributed by atoms with Gasteiger partial charge in [0.2, 0.25) is 0 Å². The number of nitrogens with zero attached hydrogens (tertiary/aromatic N) is 2. The van der Waals surface area contributed by atoms with Crippen molar-refractivity contribution in [2.24, 2.45) is 0 Å². The molecule has 0 saturated carbocycles. The molecule has 0 bridgehead atoms. The van der Waals surface area contributed by atoms with Gasteiger partial charge in [0.05, 0.1) is 24.0 Å². The highest BCUT2D eigenvalue weighted by molar-refractivity contribution is 5.69. The molecule has 1 aliphatic rings. The van der Waals surface area contributed by atoms with Gasteiger partial charge in [0.15, 0.2) is 5.76 Å². The molecule has 25 heavy (non-hydrogen) atoms. The van der Waals surface area contributed by atoms with Crippen LogP contribution in [0.5, 0.6) is 0 Å². The van der Waals surface area contributed by atoms with Gasteiger partial charge in [-0.15, -0.1) is 0 Å². The van der Waals surface area contributed by atoms with E-state index in [9.17, 15) is 5.26 Å². The maximum absolute atomic E-state index is 9.77. The Hall–Kier alpha value is -2.32. The minimum Gasteiger partial charge on any atom is -0.463 e. The number of unbranched alkanes of at least 4 members (excludes halogenated alkanes) is 2. The predicted molar refractivity (Wildman–Crippen MR) is 97.2 cm³/mol. The molecule has 1 aliphatic heterocycles. The fourth-order valence-electron chi connectivity index (χ4n) is 3.21. The SMILES string of the molecule is CCCCCNc1nc(-c2ccco2)c2c(c1C#N)CC(C)(C)OC2. The third-order valence-corrected chi connectivity index (χ3v) is 4.56. The Morgan fingerprint density at radius 3 is 2.84 bits per heavy atom. The molecule has 2 aromatic rings. The number of anilines is 1.